The van der Waals surface area contributed by atoms with Gasteiger partial charge in [0.05, 0.1) is 23.7 Å². The first-order valence-electron chi connectivity index (χ1n) is 8.56. The van der Waals surface area contributed by atoms with Gasteiger partial charge in [0, 0.05) is 5.56 Å². The smallest absolute Gasteiger partial charge is 0.231 e. The van der Waals surface area contributed by atoms with Crippen LogP contribution in [0.4, 0.5) is 5.69 Å². The molecule has 0 N–H and O–H groups in total. The third-order valence-electron chi connectivity index (χ3n) is 4.24. The Morgan fingerprint density at radius 3 is 2.30 bits per heavy atom. The molecule has 27 heavy (non-hydrogen) atoms. The summed E-state index contributed by atoms with van der Waals surface area (Å²) in [4.78, 5) is 17.7. The normalized spacial score (nSPS) is 11.5. The van der Waals surface area contributed by atoms with Gasteiger partial charge in [-0.3, -0.25) is 4.79 Å². The molecule has 0 atom stereocenters. The molecular formula is C23H17NO3. The second-order valence-corrected chi connectivity index (χ2v) is 5.98. The van der Waals surface area contributed by atoms with Crippen LogP contribution in [0.5, 0.6) is 5.75 Å². The number of hydrogen-bond acceptors (Lipinski definition) is 4. The Bertz CT molecular complexity index is 1160. The number of nitrogens with zero attached hydrogens (tertiary/aromatic N) is 1. The van der Waals surface area contributed by atoms with Crippen LogP contribution in [0.25, 0.3) is 11.0 Å². The summed E-state index contributed by atoms with van der Waals surface area (Å²) >= 11 is 0. The van der Waals surface area contributed by atoms with Crippen molar-refractivity contribution in [1.29, 1.82) is 0 Å². The molecule has 0 fully saturated rings. The molecule has 0 unspecified atom stereocenters. The average Bonchev–Trinajstić information content (AvgIpc) is 2.73. The Kier molecular flexibility index (Phi) is 4.54. The molecule has 1 heterocycles. The zero-order valence-corrected chi connectivity index (χ0v) is 14.8. The van der Waals surface area contributed by atoms with Crippen molar-refractivity contribution >= 4 is 22.4 Å². The van der Waals surface area contributed by atoms with E-state index in [0.717, 1.165) is 5.39 Å². The summed E-state index contributed by atoms with van der Waals surface area (Å²) in [5, 5.41) is 0.728. The SMILES string of the molecule is COc1cccc2oc(=Nc3ccccc3)c(C(=O)c3ccccc3)cc12. The van der Waals surface area contributed by atoms with E-state index in [1.54, 1.807) is 25.3 Å². The van der Waals surface area contributed by atoms with Crippen LogP contribution in [-0.2, 0) is 0 Å². The van der Waals surface area contributed by atoms with E-state index in [1.807, 2.05) is 66.7 Å². The van der Waals surface area contributed by atoms with E-state index >= 15 is 0 Å². The standard InChI is InChI=1S/C23H17NO3/c1-26-20-13-8-14-21-18(20)15-19(22(25)16-9-4-2-5-10-16)23(27-21)24-17-11-6-3-7-12-17/h2-15H,1H3. The predicted molar refractivity (Wildman–Crippen MR) is 104 cm³/mol. The number of carbonyl (C=O) groups excluding carboxylic acids is 1. The minimum absolute atomic E-state index is 0.151. The van der Waals surface area contributed by atoms with Gasteiger partial charge in [-0.15, -0.1) is 0 Å². The van der Waals surface area contributed by atoms with Gasteiger partial charge in [0.25, 0.3) is 0 Å². The molecule has 0 spiro atoms. The fourth-order valence-corrected chi connectivity index (χ4v) is 2.91. The molecule has 0 aliphatic carbocycles. The number of methoxy groups -OCH3 is 1. The van der Waals surface area contributed by atoms with Crippen LogP contribution in [0.2, 0.25) is 0 Å². The quantitative estimate of drug-likeness (QED) is 0.489. The van der Waals surface area contributed by atoms with Gasteiger partial charge in [-0.2, -0.15) is 0 Å². The maximum absolute atomic E-state index is 13.1. The Morgan fingerprint density at radius 2 is 1.59 bits per heavy atom. The summed E-state index contributed by atoms with van der Waals surface area (Å²) < 4.78 is 11.4. The highest BCUT2D eigenvalue weighted by Gasteiger charge is 2.16. The summed E-state index contributed by atoms with van der Waals surface area (Å²) in [6, 6.07) is 25.8. The van der Waals surface area contributed by atoms with Gasteiger partial charge >= 0.3 is 0 Å². The predicted octanol–water partition coefficient (Wildman–Crippen LogP) is 4.90. The molecule has 0 saturated heterocycles. The lowest BCUT2D eigenvalue weighted by Gasteiger charge is -2.08. The number of ketones is 1. The number of rotatable bonds is 4. The van der Waals surface area contributed by atoms with Crippen LogP contribution < -0.4 is 10.3 Å². The van der Waals surface area contributed by atoms with Crippen LogP contribution in [0.3, 0.4) is 0 Å². The minimum atomic E-state index is -0.151. The zero-order valence-electron chi connectivity index (χ0n) is 14.8. The van der Waals surface area contributed by atoms with E-state index in [0.29, 0.717) is 28.1 Å². The van der Waals surface area contributed by atoms with Crippen LogP contribution in [0.1, 0.15) is 15.9 Å². The Balaban J connectivity index is 2.00. The van der Waals surface area contributed by atoms with Crippen molar-refractivity contribution in [3.63, 3.8) is 0 Å². The molecule has 4 rings (SSSR count). The number of ether oxygens (including phenoxy) is 1. The van der Waals surface area contributed by atoms with Crippen LogP contribution >= 0.6 is 0 Å². The summed E-state index contributed by atoms with van der Waals surface area (Å²) in [5.74, 6) is 0.492. The molecule has 4 heteroatoms. The van der Waals surface area contributed by atoms with E-state index in [-0.39, 0.29) is 11.3 Å². The topological polar surface area (TPSA) is 51.8 Å². The van der Waals surface area contributed by atoms with Crippen molar-refractivity contribution in [1.82, 2.24) is 0 Å². The summed E-state index contributed by atoms with van der Waals surface area (Å²) in [6.45, 7) is 0. The van der Waals surface area contributed by atoms with Gasteiger partial charge in [0.2, 0.25) is 5.55 Å². The number of para-hydroxylation sites is 1. The molecule has 0 bridgehead atoms. The highest BCUT2D eigenvalue weighted by molar-refractivity contribution is 6.10. The second kappa shape index (κ2) is 7.30. The van der Waals surface area contributed by atoms with Crippen molar-refractivity contribution in [2.45, 2.75) is 0 Å². The van der Waals surface area contributed by atoms with E-state index < -0.39 is 0 Å². The Labute approximate surface area is 156 Å². The third-order valence-corrected chi connectivity index (χ3v) is 4.24. The zero-order chi connectivity index (χ0) is 18.6. The van der Waals surface area contributed by atoms with Crippen molar-refractivity contribution in [3.05, 3.63) is 102 Å². The summed E-state index contributed by atoms with van der Waals surface area (Å²) in [6.07, 6.45) is 0. The van der Waals surface area contributed by atoms with Crippen molar-refractivity contribution < 1.29 is 13.9 Å². The molecule has 0 radical (unpaired) electrons. The molecule has 4 nitrogen and oxygen atoms in total. The molecule has 1 aromatic heterocycles. The molecule has 0 aliphatic heterocycles. The number of hydrogen-bond donors (Lipinski definition) is 0. The van der Waals surface area contributed by atoms with Gasteiger partial charge in [-0.25, -0.2) is 4.99 Å². The summed E-state index contributed by atoms with van der Waals surface area (Å²) in [7, 11) is 1.59. The van der Waals surface area contributed by atoms with Gasteiger partial charge in [0.15, 0.2) is 5.78 Å². The van der Waals surface area contributed by atoms with Crippen LogP contribution in [0, 0.1) is 0 Å². The minimum Gasteiger partial charge on any atom is -0.496 e. The van der Waals surface area contributed by atoms with E-state index in [4.69, 9.17) is 9.15 Å². The number of benzene rings is 3. The monoisotopic (exact) mass is 355 g/mol. The molecular weight excluding hydrogens is 338 g/mol. The van der Waals surface area contributed by atoms with Gasteiger partial charge in [-0.05, 0) is 30.3 Å². The molecule has 3 aromatic carbocycles. The fraction of sp³-hybridized carbons (Fsp3) is 0.0435. The lowest BCUT2D eigenvalue weighted by Crippen LogP contribution is -2.16. The maximum atomic E-state index is 13.1. The first-order valence-corrected chi connectivity index (χ1v) is 8.56. The van der Waals surface area contributed by atoms with Crippen LogP contribution in [-0.4, -0.2) is 12.9 Å². The maximum Gasteiger partial charge on any atom is 0.231 e. The largest absolute Gasteiger partial charge is 0.496 e. The van der Waals surface area contributed by atoms with Crippen molar-refractivity contribution in [2.24, 2.45) is 4.99 Å². The van der Waals surface area contributed by atoms with E-state index in [1.165, 1.54) is 0 Å². The Hall–Kier alpha value is -3.66. The average molecular weight is 355 g/mol. The van der Waals surface area contributed by atoms with Crippen molar-refractivity contribution in [3.8, 4) is 5.75 Å². The molecule has 4 aromatic rings. The van der Waals surface area contributed by atoms with Gasteiger partial charge in [-0.1, -0.05) is 54.6 Å². The number of carbonyl (C=O) groups is 1. The van der Waals surface area contributed by atoms with E-state index in [9.17, 15) is 4.79 Å². The van der Waals surface area contributed by atoms with Crippen molar-refractivity contribution in [2.75, 3.05) is 7.11 Å². The third kappa shape index (κ3) is 3.37. The van der Waals surface area contributed by atoms with Crippen LogP contribution in [0.15, 0.2) is 94.3 Å². The lowest BCUT2D eigenvalue weighted by molar-refractivity contribution is 0.103. The highest BCUT2D eigenvalue weighted by atomic mass is 16.5. The molecule has 132 valence electrons. The van der Waals surface area contributed by atoms with E-state index in [2.05, 4.69) is 4.99 Å². The van der Waals surface area contributed by atoms with Gasteiger partial charge in [0.1, 0.15) is 11.3 Å². The fourth-order valence-electron chi connectivity index (χ4n) is 2.91. The Morgan fingerprint density at radius 1 is 0.889 bits per heavy atom. The summed E-state index contributed by atoms with van der Waals surface area (Å²) in [5.41, 5.74) is 2.56. The number of fused-ring (bicyclic) bond motifs is 1. The molecule has 0 aliphatic rings. The molecule has 0 amide bonds. The first-order chi connectivity index (χ1) is 13.3. The lowest BCUT2D eigenvalue weighted by atomic mass is 10.0. The van der Waals surface area contributed by atoms with Gasteiger partial charge < -0.3 is 9.15 Å². The highest BCUT2D eigenvalue weighted by Crippen LogP contribution is 2.26. The first kappa shape index (κ1) is 16.8. The second-order valence-electron chi connectivity index (χ2n) is 5.98. The molecule has 0 saturated carbocycles.